The molecule has 0 aliphatic rings. The number of hydrogen-bond acceptors (Lipinski definition) is 5. The highest BCUT2D eigenvalue weighted by Gasteiger charge is 2.17. The Morgan fingerprint density at radius 2 is 1.77 bits per heavy atom. The lowest BCUT2D eigenvalue weighted by Gasteiger charge is -2.12. The maximum absolute atomic E-state index is 14.1. The van der Waals surface area contributed by atoms with Crippen molar-refractivity contribution in [3.05, 3.63) is 87.8 Å². The zero-order chi connectivity index (χ0) is 21.7. The van der Waals surface area contributed by atoms with Crippen molar-refractivity contribution < 1.29 is 23.1 Å². The Hall–Kier alpha value is -4.08. The van der Waals surface area contributed by atoms with E-state index in [2.05, 4.69) is 10.5 Å². The zero-order valence-corrected chi connectivity index (χ0v) is 15.7. The minimum Gasteiger partial charge on any atom is -0.484 e. The summed E-state index contributed by atoms with van der Waals surface area (Å²) in [6, 6.07) is 11.9. The van der Waals surface area contributed by atoms with Crippen LogP contribution in [0.1, 0.15) is 16.2 Å². The van der Waals surface area contributed by atoms with Gasteiger partial charge in [-0.15, -0.1) is 0 Å². The predicted octanol–water partition coefficient (Wildman–Crippen LogP) is 1.66. The first-order chi connectivity index (χ1) is 14.3. The summed E-state index contributed by atoms with van der Waals surface area (Å²) in [7, 11) is 0. The first-order valence-corrected chi connectivity index (χ1v) is 8.68. The third-order valence-corrected chi connectivity index (χ3v) is 3.90. The highest BCUT2D eigenvalue weighted by atomic mass is 19.1. The van der Waals surface area contributed by atoms with Gasteiger partial charge in [0.2, 0.25) is 5.43 Å². The summed E-state index contributed by atoms with van der Waals surface area (Å²) in [5.74, 6) is -2.50. The largest absolute Gasteiger partial charge is 0.484 e. The number of amides is 2. The van der Waals surface area contributed by atoms with Gasteiger partial charge in [-0.25, -0.2) is 13.5 Å². The fraction of sp³-hybridized carbons (Fsp3) is 0.100. The minimum atomic E-state index is -0.986. The van der Waals surface area contributed by atoms with Crippen LogP contribution in [0.15, 0.2) is 59.4 Å². The third kappa shape index (κ3) is 4.85. The summed E-state index contributed by atoms with van der Waals surface area (Å²) in [5, 5.41) is 3.92. The fourth-order valence-corrected chi connectivity index (χ4v) is 2.47. The topological polar surface area (TPSA) is 102 Å². The molecule has 0 radical (unpaired) electrons. The van der Waals surface area contributed by atoms with Crippen LogP contribution < -0.4 is 21.0 Å². The smallest absolute Gasteiger partial charge is 0.294 e. The van der Waals surface area contributed by atoms with Crippen LogP contribution in [0.2, 0.25) is 0 Å². The van der Waals surface area contributed by atoms with E-state index >= 15 is 0 Å². The normalized spacial score (nSPS) is 10.4. The molecule has 154 valence electrons. The zero-order valence-electron chi connectivity index (χ0n) is 15.7. The Morgan fingerprint density at radius 3 is 2.47 bits per heavy atom. The summed E-state index contributed by atoms with van der Waals surface area (Å²) >= 11 is 0. The maximum atomic E-state index is 14.1. The first kappa shape index (κ1) is 20.6. The number of hydrogen-bond donors (Lipinski definition) is 2. The molecule has 30 heavy (non-hydrogen) atoms. The number of halogens is 2. The average molecular weight is 414 g/mol. The molecule has 3 rings (SSSR count). The Balaban J connectivity index is 1.67. The lowest BCUT2D eigenvalue weighted by atomic mass is 10.2. The number of hydrazine groups is 1. The Kier molecular flexibility index (Phi) is 6.16. The number of carbonyl (C=O) groups is 2. The maximum Gasteiger partial charge on any atom is 0.294 e. The van der Waals surface area contributed by atoms with Crippen molar-refractivity contribution in [3.8, 4) is 11.4 Å². The van der Waals surface area contributed by atoms with Gasteiger partial charge in [0.1, 0.15) is 23.1 Å². The van der Waals surface area contributed by atoms with Gasteiger partial charge in [-0.05, 0) is 43.3 Å². The van der Waals surface area contributed by atoms with E-state index in [1.807, 2.05) is 5.43 Å². The van der Waals surface area contributed by atoms with Crippen molar-refractivity contribution in [2.75, 3.05) is 6.61 Å². The van der Waals surface area contributed by atoms with Gasteiger partial charge in [0.25, 0.3) is 11.8 Å². The molecule has 0 fully saturated rings. The van der Waals surface area contributed by atoms with Crippen LogP contribution in [-0.4, -0.2) is 28.2 Å². The second kappa shape index (κ2) is 8.95. The van der Waals surface area contributed by atoms with E-state index in [-0.39, 0.29) is 11.4 Å². The van der Waals surface area contributed by atoms with Crippen molar-refractivity contribution in [3.63, 3.8) is 0 Å². The molecule has 2 N–H and O–H groups in total. The Bertz CT molecular complexity index is 1150. The fourth-order valence-electron chi connectivity index (χ4n) is 2.47. The van der Waals surface area contributed by atoms with E-state index < -0.39 is 41.2 Å². The highest BCUT2D eigenvalue weighted by molar-refractivity contribution is 5.93. The number of carbonyl (C=O) groups excluding carboxylic acids is 2. The van der Waals surface area contributed by atoms with Gasteiger partial charge >= 0.3 is 0 Å². The number of para-hydroxylation sites is 1. The first-order valence-electron chi connectivity index (χ1n) is 8.68. The van der Waals surface area contributed by atoms with Crippen molar-refractivity contribution in [2.24, 2.45) is 0 Å². The van der Waals surface area contributed by atoms with Gasteiger partial charge < -0.3 is 4.74 Å². The lowest BCUT2D eigenvalue weighted by Crippen LogP contribution is -2.45. The van der Waals surface area contributed by atoms with E-state index in [0.29, 0.717) is 5.69 Å². The summed E-state index contributed by atoms with van der Waals surface area (Å²) in [4.78, 5) is 36.2. The second-order valence-corrected chi connectivity index (χ2v) is 6.11. The molecule has 0 bridgehead atoms. The van der Waals surface area contributed by atoms with E-state index in [1.165, 1.54) is 49.4 Å². The molecule has 0 saturated carbocycles. The molecule has 0 unspecified atom stereocenters. The summed E-state index contributed by atoms with van der Waals surface area (Å²) in [6.45, 7) is 1.07. The number of nitrogens with zero attached hydrogens (tertiary/aromatic N) is 2. The van der Waals surface area contributed by atoms with Gasteiger partial charge in [-0.2, -0.15) is 5.10 Å². The van der Waals surface area contributed by atoms with E-state index in [9.17, 15) is 23.2 Å². The molecule has 1 heterocycles. The number of benzene rings is 2. The van der Waals surface area contributed by atoms with Gasteiger partial charge in [-0.1, -0.05) is 12.1 Å². The molecule has 3 aromatic rings. The third-order valence-electron chi connectivity index (χ3n) is 3.90. The van der Waals surface area contributed by atoms with Crippen molar-refractivity contribution in [1.29, 1.82) is 0 Å². The van der Waals surface area contributed by atoms with E-state index in [0.717, 1.165) is 10.7 Å². The average Bonchev–Trinajstić information content (AvgIpc) is 2.72. The van der Waals surface area contributed by atoms with Crippen molar-refractivity contribution in [1.82, 2.24) is 20.6 Å². The molecule has 2 aromatic carbocycles. The second-order valence-electron chi connectivity index (χ2n) is 6.11. The Morgan fingerprint density at radius 1 is 1.07 bits per heavy atom. The predicted molar refractivity (Wildman–Crippen MR) is 102 cm³/mol. The van der Waals surface area contributed by atoms with Crippen molar-refractivity contribution >= 4 is 11.8 Å². The molecule has 8 nitrogen and oxygen atoms in total. The quantitative estimate of drug-likeness (QED) is 0.619. The molecule has 0 aliphatic carbocycles. The molecular formula is C20H16F2N4O4. The molecule has 0 saturated heterocycles. The number of aromatic nitrogens is 2. The molecule has 0 spiro atoms. The van der Waals surface area contributed by atoms with Crippen LogP contribution in [0.3, 0.4) is 0 Å². The van der Waals surface area contributed by atoms with Crippen LogP contribution >= 0.6 is 0 Å². The van der Waals surface area contributed by atoms with Crippen LogP contribution in [0.25, 0.3) is 5.69 Å². The number of rotatable bonds is 5. The van der Waals surface area contributed by atoms with Crippen molar-refractivity contribution in [2.45, 2.75) is 6.92 Å². The number of nitrogens with one attached hydrogen (secondary N) is 2. The monoisotopic (exact) mass is 414 g/mol. The molecule has 1 aromatic heterocycles. The van der Waals surface area contributed by atoms with E-state index in [4.69, 9.17) is 4.74 Å². The summed E-state index contributed by atoms with van der Waals surface area (Å²) in [5.41, 5.74) is 3.26. The van der Waals surface area contributed by atoms with E-state index in [1.54, 1.807) is 6.07 Å². The number of aryl methyl sites for hydroxylation is 1. The van der Waals surface area contributed by atoms with Gasteiger partial charge in [0, 0.05) is 11.8 Å². The molecule has 10 heteroatoms. The van der Waals surface area contributed by atoms with Crippen LogP contribution in [0.5, 0.6) is 5.75 Å². The van der Waals surface area contributed by atoms with Crippen LogP contribution in [0.4, 0.5) is 8.78 Å². The SMILES string of the molecule is Cc1cc(=O)c(C(=O)NNC(=O)COc2ccc(F)cc2)nn1-c1ccccc1F. The Labute approximate surface area is 169 Å². The standard InChI is InChI=1S/C20H16F2N4O4/c1-12-10-17(27)19(25-26(12)16-5-3-2-4-15(16)22)20(29)24-23-18(28)11-30-14-8-6-13(21)7-9-14/h2-10H,11H2,1H3,(H,23,28)(H,24,29). The minimum absolute atomic E-state index is 0.0563. The van der Waals surface area contributed by atoms with Crippen LogP contribution in [-0.2, 0) is 4.79 Å². The summed E-state index contributed by atoms with van der Waals surface area (Å²) in [6.07, 6.45) is 0. The lowest BCUT2D eigenvalue weighted by molar-refractivity contribution is -0.123. The molecule has 0 atom stereocenters. The van der Waals surface area contributed by atoms with Gasteiger partial charge in [0.05, 0.1) is 0 Å². The van der Waals surface area contributed by atoms with Gasteiger partial charge in [0.15, 0.2) is 12.3 Å². The highest BCUT2D eigenvalue weighted by Crippen LogP contribution is 2.13. The van der Waals surface area contributed by atoms with Crippen LogP contribution in [0, 0.1) is 18.6 Å². The molecule has 0 aliphatic heterocycles. The molecular weight excluding hydrogens is 398 g/mol. The number of ether oxygens (including phenoxy) is 1. The summed E-state index contributed by atoms with van der Waals surface area (Å²) < 4.78 is 33.1. The van der Waals surface area contributed by atoms with Gasteiger partial charge in [-0.3, -0.25) is 25.2 Å². The molecule has 2 amide bonds.